The van der Waals surface area contributed by atoms with Crippen LogP contribution >= 0.6 is 0 Å². The van der Waals surface area contributed by atoms with Gasteiger partial charge in [0.1, 0.15) is 5.75 Å². The van der Waals surface area contributed by atoms with Gasteiger partial charge in [0.05, 0.1) is 6.61 Å². The van der Waals surface area contributed by atoms with Gasteiger partial charge in [0.25, 0.3) is 0 Å². The molecule has 23 heavy (non-hydrogen) atoms. The standard InChI is InChI=1S/C19H32O3Si/c1-5-15(2)14-18(23(3,4)20)16-9-11-17(12-10-16)22-19-8-6-7-13-21-19/h9-12,15,18-20H,5-8,13-14H2,1-4H3. The summed E-state index contributed by atoms with van der Waals surface area (Å²) in [6.07, 6.45) is 5.37. The van der Waals surface area contributed by atoms with Crippen LogP contribution in [0.25, 0.3) is 0 Å². The third kappa shape index (κ3) is 5.62. The van der Waals surface area contributed by atoms with Crippen molar-refractivity contribution in [3.05, 3.63) is 29.8 Å². The topological polar surface area (TPSA) is 38.7 Å². The monoisotopic (exact) mass is 336 g/mol. The number of hydrogen-bond donors (Lipinski definition) is 1. The van der Waals surface area contributed by atoms with Crippen LogP contribution in [-0.4, -0.2) is 26.0 Å². The van der Waals surface area contributed by atoms with Crippen molar-refractivity contribution in [3.8, 4) is 5.75 Å². The lowest BCUT2D eigenvalue weighted by Crippen LogP contribution is -2.36. The molecule has 1 aliphatic heterocycles. The first-order chi connectivity index (χ1) is 10.9. The maximum Gasteiger partial charge on any atom is 0.199 e. The molecule has 3 unspecified atom stereocenters. The van der Waals surface area contributed by atoms with Crippen LogP contribution in [0.5, 0.6) is 5.75 Å². The van der Waals surface area contributed by atoms with Gasteiger partial charge in [-0.2, -0.15) is 0 Å². The van der Waals surface area contributed by atoms with Crippen LogP contribution in [0.4, 0.5) is 0 Å². The van der Waals surface area contributed by atoms with Crippen molar-refractivity contribution in [2.24, 2.45) is 5.92 Å². The molecule has 0 spiro atoms. The fraction of sp³-hybridized carbons (Fsp3) is 0.684. The zero-order valence-electron chi connectivity index (χ0n) is 15.0. The third-order valence-corrected chi connectivity index (χ3v) is 7.15. The van der Waals surface area contributed by atoms with Gasteiger partial charge in [0.2, 0.25) is 0 Å². The molecule has 1 heterocycles. The highest BCUT2D eigenvalue weighted by atomic mass is 28.4. The summed E-state index contributed by atoms with van der Waals surface area (Å²) < 4.78 is 11.5. The van der Waals surface area contributed by atoms with Gasteiger partial charge in [0, 0.05) is 12.0 Å². The normalized spacial score (nSPS) is 21.7. The summed E-state index contributed by atoms with van der Waals surface area (Å²) in [5.74, 6) is 1.49. The first kappa shape index (κ1) is 18.5. The van der Waals surface area contributed by atoms with Crippen molar-refractivity contribution >= 4 is 8.32 Å². The van der Waals surface area contributed by atoms with Crippen molar-refractivity contribution in [1.29, 1.82) is 0 Å². The molecule has 1 saturated heterocycles. The number of benzene rings is 1. The molecule has 4 heteroatoms. The minimum absolute atomic E-state index is 0.103. The van der Waals surface area contributed by atoms with Crippen molar-refractivity contribution in [3.63, 3.8) is 0 Å². The SMILES string of the molecule is CCC(C)CC(c1ccc(OC2CCCCO2)cc1)[Si](C)(C)O. The van der Waals surface area contributed by atoms with Gasteiger partial charge >= 0.3 is 0 Å². The lowest BCUT2D eigenvalue weighted by atomic mass is 9.98. The second kappa shape index (κ2) is 8.31. The van der Waals surface area contributed by atoms with E-state index in [4.69, 9.17) is 9.47 Å². The fourth-order valence-electron chi connectivity index (χ4n) is 3.14. The molecule has 2 rings (SSSR count). The molecular formula is C19H32O3Si. The zero-order chi connectivity index (χ0) is 16.9. The van der Waals surface area contributed by atoms with Gasteiger partial charge in [0.15, 0.2) is 14.6 Å². The quantitative estimate of drug-likeness (QED) is 0.724. The van der Waals surface area contributed by atoms with Crippen LogP contribution in [0.1, 0.15) is 57.1 Å². The van der Waals surface area contributed by atoms with Crippen molar-refractivity contribution < 1.29 is 14.3 Å². The van der Waals surface area contributed by atoms with Gasteiger partial charge in [-0.05, 0) is 56.0 Å². The Labute approximate surface area is 142 Å². The van der Waals surface area contributed by atoms with Crippen LogP contribution in [-0.2, 0) is 4.74 Å². The average molecular weight is 337 g/mol. The minimum Gasteiger partial charge on any atom is -0.465 e. The van der Waals surface area contributed by atoms with E-state index in [0.29, 0.717) is 5.92 Å². The first-order valence-corrected chi connectivity index (χ1v) is 12.0. The maximum absolute atomic E-state index is 10.7. The van der Waals surface area contributed by atoms with E-state index in [1.54, 1.807) is 0 Å². The fourth-order valence-corrected chi connectivity index (χ4v) is 5.12. The Balaban J connectivity index is 2.05. The van der Waals surface area contributed by atoms with Crippen molar-refractivity contribution in [1.82, 2.24) is 0 Å². The van der Waals surface area contributed by atoms with E-state index in [0.717, 1.165) is 38.0 Å². The molecule has 0 bridgehead atoms. The molecule has 1 N–H and O–H groups in total. The summed E-state index contributed by atoms with van der Waals surface area (Å²) in [5, 5.41) is 0. The molecule has 1 aliphatic rings. The number of ether oxygens (including phenoxy) is 2. The minimum atomic E-state index is -2.23. The summed E-state index contributed by atoms with van der Waals surface area (Å²) in [7, 11) is -2.23. The molecule has 3 nitrogen and oxygen atoms in total. The zero-order valence-corrected chi connectivity index (χ0v) is 16.0. The highest BCUT2D eigenvalue weighted by molar-refractivity contribution is 6.71. The second-order valence-electron chi connectivity index (χ2n) is 7.44. The Morgan fingerprint density at radius 2 is 1.96 bits per heavy atom. The molecule has 0 amide bonds. The summed E-state index contributed by atoms with van der Waals surface area (Å²) in [6, 6.07) is 8.29. The molecule has 0 aliphatic carbocycles. The average Bonchev–Trinajstić information content (AvgIpc) is 2.53. The summed E-state index contributed by atoms with van der Waals surface area (Å²) >= 11 is 0. The Hall–Kier alpha value is -0.843. The molecule has 130 valence electrons. The van der Waals surface area contributed by atoms with E-state index in [9.17, 15) is 4.80 Å². The first-order valence-electron chi connectivity index (χ1n) is 9.00. The molecular weight excluding hydrogens is 304 g/mol. The largest absolute Gasteiger partial charge is 0.465 e. The van der Waals surface area contributed by atoms with Crippen LogP contribution in [0.3, 0.4) is 0 Å². The molecule has 0 radical (unpaired) electrons. The van der Waals surface area contributed by atoms with Gasteiger partial charge in [-0.25, -0.2) is 0 Å². The van der Waals surface area contributed by atoms with Crippen LogP contribution in [0.2, 0.25) is 13.1 Å². The van der Waals surface area contributed by atoms with E-state index in [1.807, 2.05) is 25.2 Å². The second-order valence-corrected chi connectivity index (χ2v) is 11.4. The van der Waals surface area contributed by atoms with E-state index in [-0.39, 0.29) is 11.8 Å². The van der Waals surface area contributed by atoms with Crippen molar-refractivity contribution in [2.45, 2.75) is 70.9 Å². The van der Waals surface area contributed by atoms with Crippen LogP contribution in [0, 0.1) is 5.92 Å². The van der Waals surface area contributed by atoms with Gasteiger partial charge in [-0.3, -0.25) is 0 Å². The Kier molecular flexibility index (Phi) is 6.68. The highest BCUT2D eigenvalue weighted by Gasteiger charge is 2.32. The molecule has 1 aromatic rings. The lowest BCUT2D eigenvalue weighted by molar-refractivity contribution is -0.105. The van der Waals surface area contributed by atoms with Crippen LogP contribution in [0.15, 0.2) is 24.3 Å². The number of rotatable bonds is 7. The molecule has 0 saturated carbocycles. The van der Waals surface area contributed by atoms with E-state index in [2.05, 4.69) is 26.0 Å². The highest BCUT2D eigenvalue weighted by Crippen LogP contribution is 2.33. The van der Waals surface area contributed by atoms with E-state index < -0.39 is 8.32 Å². The van der Waals surface area contributed by atoms with Gasteiger partial charge in [-0.1, -0.05) is 32.4 Å². The number of hydrogen-bond acceptors (Lipinski definition) is 3. The molecule has 1 aromatic carbocycles. The molecule has 0 aromatic heterocycles. The van der Waals surface area contributed by atoms with Gasteiger partial charge < -0.3 is 14.3 Å². The molecule has 3 atom stereocenters. The summed E-state index contributed by atoms with van der Waals surface area (Å²) in [4.78, 5) is 10.7. The Morgan fingerprint density at radius 3 is 2.48 bits per heavy atom. The summed E-state index contributed by atoms with van der Waals surface area (Å²) in [6.45, 7) is 9.37. The van der Waals surface area contributed by atoms with Crippen LogP contribution < -0.4 is 4.74 Å². The lowest BCUT2D eigenvalue weighted by Gasteiger charge is -2.30. The maximum atomic E-state index is 10.7. The predicted octanol–water partition coefficient (Wildman–Crippen LogP) is 4.85. The Bertz CT molecular complexity index is 460. The molecule has 1 fully saturated rings. The van der Waals surface area contributed by atoms with Gasteiger partial charge in [-0.15, -0.1) is 0 Å². The van der Waals surface area contributed by atoms with E-state index in [1.165, 1.54) is 12.0 Å². The third-order valence-electron chi connectivity index (χ3n) is 4.88. The summed E-state index contributed by atoms with van der Waals surface area (Å²) in [5.41, 5.74) is 1.51. The van der Waals surface area contributed by atoms with Crippen molar-refractivity contribution in [2.75, 3.05) is 6.61 Å². The van der Waals surface area contributed by atoms with E-state index >= 15 is 0 Å². The smallest absolute Gasteiger partial charge is 0.199 e. The predicted molar refractivity (Wildman–Crippen MR) is 97.2 cm³/mol. The Morgan fingerprint density at radius 1 is 1.26 bits per heavy atom.